The first-order valence-electron chi connectivity index (χ1n) is 11.6. The van der Waals surface area contributed by atoms with Crippen LogP contribution in [0.4, 0.5) is 0 Å². The Morgan fingerprint density at radius 1 is 1.03 bits per heavy atom. The normalized spacial score (nSPS) is 32.0. The van der Waals surface area contributed by atoms with Crippen molar-refractivity contribution in [3.05, 3.63) is 47.5 Å². The minimum Gasteiger partial charge on any atom is -0.350 e. The van der Waals surface area contributed by atoms with Gasteiger partial charge in [-0.05, 0) is 54.7 Å². The Balaban J connectivity index is 1.11. The third kappa shape index (κ3) is 3.93. The second-order valence-corrected chi connectivity index (χ2v) is 9.84. The van der Waals surface area contributed by atoms with Crippen LogP contribution in [0.1, 0.15) is 37.3 Å². The maximum atomic E-state index is 12.7. The van der Waals surface area contributed by atoms with Crippen molar-refractivity contribution in [2.24, 2.45) is 29.6 Å². The molecule has 6 heteroatoms. The summed E-state index contributed by atoms with van der Waals surface area (Å²) in [6, 6.07) is 8.34. The molecule has 1 aromatic rings. The van der Waals surface area contributed by atoms with Crippen LogP contribution in [0.15, 0.2) is 36.4 Å². The predicted octanol–water partition coefficient (Wildman–Crippen LogP) is 2.34. The first-order valence-corrected chi connectivity index (χ1v) is 11.6. The molecule has 4 aliphatic rings. The summed E-state index contributed by atoms with van der Waals surface area (Å²) in [6.07, 6.45) is 7.63. The third-order valence-corrected chi connectivity index (χ3v) is 7.52. The molecule has 5 atom stereocenters. The van der Waals surface area contributed by atoms with Gasteiger partial charge in [-0.25, -0.2) is 0 Å². The van der Waals surface area contributed by atoms with Crippen molar-refractivity contribution in [2.45, 2.75) is 39.3 Å². The van der Waals surface area contributed by atoms with Crippen LogP contribution in [-0.2, 0) is 27.5 Å². The van der Waals surface area contributed by atoms with E-state index in [1.165, 1.54) is 23.3 Å². The SMILES string of the molecule is C[C@@H]1CCCN(Cc2ccc(CNC(=O)CN3C(=O)[C@@H]4[C@@H](C3=O)[C@H]3C=C[C@H]4C3)cc2)C1. The van der Waals surface area contributed by atoms with Crippen LogP contribution in [0.25, 0.3) is 0 Å². The molecule has 5 rings (SSSR count). The van der Waals surface area contributed by atoms with Gasteiger partial charge in [0.25, 0.3) is 0 Å². The van der Waals surface area contributed by atoms with Gasteiger partial charge in [-0.3, -0.25) is 24.2 Å². The lowest BCUT2D eigenvalue weighted by molar-refractivity contribution is -0.144. The minimum atomic E-state index is -0.284. The summed E-state index contributed by atoms with van der Waals surface area (Å²) in [5.41, 5.74) is 2.30. The minimum absolute atomic E-state index is 0.168. The van der Waals surface area contributed by atoms with E-state index in [1.54, 1.807) is 0 Å². The number of carbonyl (C=O) groups is 3. The number of rotatable bonds is 6. The van der Waals surface area contributed by atoms with Crippen molar-refractivity contribution in [3.8, 4) is 0 Å². The smallest absolute Gasteiger partial charge is 0.240 e. The number of piperidine rings is 1. The zero-order valence-electron chi connectivity index (χ0n) is 18.1. The van der Waals surface area contributed by atoms with Gasteiger partial charge in [0.1, 0.15) is 6.54 Å². The molecule has 1 aromatic carbocycles. The second-order valence-electron chi connectivity index (χ2n) is 9.84. The van der Waals surface area contributed by atoms with Gasteiger partial charge in [-0.1, -0.05) is 43.3 Å². The summed E-state index contributed by atoms with van der Waals surface area (Å²) >= 11 is 0. The van der Waals surface area contributed by atoms with Gasteiger partial charge < -0.3 is 5.32 Å². The quantitative estimate of drug-likeness (QED) is 0.566. The summed E-state index contributed by atoms with van der Waals surface area (Å²) in [4.78, 5) is 41.5. The summed E-state index contributed by atoms with van der Waals surface area (Å²) in [6.45, 7) is 5.83. The molecule has 2 aliphatic heterocycles. The predicted molar refractivity (Wildman–Crippen MR) is 116 cm³/mol. The van der Waals surface area contributed by atoms with Crippen molar-refractivity contribution in [2.75, 3.05) is 19.6 Å². The molecule has 2 aliphatic carbocycles. The Hall–Kier alpha value is -2.47. The van der Waals surface area contributed by atoms with Gasteiger partial charge in [-0.2, -0.15) is 0 Å². The van der Waals surface area contributed by atoms with E-state index in [2.05, 4.69) is 41.4 Å². The van der Waals surface area contributed by atoms with Gasteiger partial charge in [0.2, 0.25) is 17.7 Å². The summed E-state index contributed by atoms with van der Waals surface area (Å²) in [5, 5.41) is 2.87. The Labute approximate surface area is 183 Å². The molecular weight excluding hydrogens is 390 g/mol. The number of likely N-dealkylation sites (tertiary alicyclic amines) is 2. The highest BCUT2D eigenvalue weighted by Gasteiger charge is 2.59. The van der Waals surface area contributed by atoms with Crippen LogP contribution in [0.3, 0.4) is 0 Å². The number of carbonyl (C=O) groups excluding carboxylic acids is 3. The zero-order valence-corrected chi connectivity index (χ0v) is 18.1. The average molecular weight is 422 g/mol. The number of hydrogen-bond donors (Lipinski definition) is 1. The Morgan fingerprint density at radius 2 is 1.68 bits per heavy atom. The topological polar surface area (TPSA) is 69.7 Å². The van der Waals surface area contributed by atoms with Gasteiger partial charge in [-0.15, -0.1) is 0 Å². The van der Waals surface area contributed by atoms with Crippen molar-refractivity contribution in [3.63, 3.8) is 0 Å². The number of hydrogen-bond acceptors (Lipinski definition) is 4. The molecule has 6 nitrogen and oxygen atoms in total. The van der Waals surface area contributed by atoms with Gasteiger partial charge >= 0.3 is 0 Å². The highest BCUT2D eigenvalue weighted by molar-refractivity contribution is 6.08. The Morgan fingerprint density at radius 3 is 2.32 bits per heavy atom. The van der Waals surface area contributed by atoms with Crippen LogP contribution in [0.5, 0.6) is 0 Å². The molecule has 2 heterocycles. The van der Waals surface area contributed by atoms with Crippen LogP contribution >= 0.6 is 0 Å². The lowest BCUT2D eigenvalue weighted by Crippen LogP contribution is -2.41. The summed E-state index contributed by atoms with van der Waals surface area (Å²) < 4.78 is 0. The first-order chi connectivity index (χ1) is 15.0. The average Bonchev–Trinajstić information content (AvgIpc) is 3.44. The van der Waals surface area contributed by atoms with E-state index in [4.69, 9.17) is 0 Å². The number of nitrogens with zero attached hydrogens (tertiary/aromatic N) is 2. The van der Waals surface area contributed by atoms with Crippen molar-refractivity contribution in [1.82, 2.24) is 15.1 Å². The van der Waals surface area contributed by atoms with Crippen molar-refractivity contribution in [1.29, 1.82) is 0 Å². The zero-order chi connectivity index (χ0) is 21.5. The van der Waals surface area contributed by atoms with Crippen molar-refractivity contribution >= 4 is 17.7 Å². The second kappa shape index (κ2) is 8.23. The molecule has 3 fully saturated rings. The number of nitrogens with one attached hydrogen (secondary N) is 1. The Kier molecular flexibility index (Phi) is 5.42. The van der Waals surface area contributed by atoms with Gasteiger partial charge in [0.15, 0.2) is 0 Å². The lowest BCUT2D eigenvalue weighted by atomic mass is 9.85. The van der Waals surface area contributed by atoms with Crippen molar-refractivity contribution < 1.29 is 14.4 Å². The maximum absolute atomic E-state index is 12.7. The summed E-state index contributed by atoms with van der Waals surface area (Å²) in [5.74, 6) is 0.00236. The molecule has 2 bridgehead atoms. The van der Waals surface area contributed by atoms with Gasteiger partial charge in [0.05, 0.1) is 11.8 Å². The molecule has 0 radical (unpaired) electrons. The molecule has 3 amide bonds. The number of fused-ring (bicyclic) bond motifs is 5. The molecule has 0 aromatic heterocycles. The maximum Gasteiger partial charge on any atom is 0.240 e. The van der Waals surface area contributed by atoms with Crippen LogP contribution in [0.2, 0.25) is 0 Å². The highest BCUT2D eigenvalue weighted by atomic mass is 16.2. The number of benzene rings is 1. The van der Waals surface area contributed by atoms with E-state index < -0.39 is 0 Å². The molecule has 1 N–H and O–H groups in total. The Bertz CT molecular complexity index is 879. The third-order valence-electron chi connectivity index (χ3n) is 7.52. The lowest BCUT2D eigenvalue weighted by Gasteiger charge is -2.30. The monoisotopic (exact) mass is 421 g/mol. The molecular formula is C25H31N3O3. The molecule has 0 unspecified atom stereocenters. The molecule has 1 saturated carbocycles. The van der Waals surface area contributed by atoms with E-state index in [0.29, 0.717) is 6.54 Å². The largest absolute Gasteiger partial charge is 0.350 e. The van der Waals surface area contributed by atoms with E-state index in [9.17, 15) is 14.4 Å². The van der Waals surface area contributed by atoms with E-state index >= 15 is 0 Å². The summed E-state index contributed by atoms with van der Waals surface area (Å²) in [7, 11) is 0. The number of allylic oxidation sites excluding steroid dienone is 2. The molecule has 2 saturated heterocycles. The van der Waals surface area contributed by atoms with Crippen LogP contribution in [-0.4, -0.2) is 47.2 Å². The highest BCUT2D eigenvalue weighted by Crippen LogP contribution is 2.52. The standard InChI is InChI=1S/C25H31N3O3/c1-16-3-2-10-27(13-16)14-18-6-4-17(5-7-18)12-26-21(29)15-28-24(30)22-19-8-9-20(11-19)23(22)25(28)31/h4-9,16,19-20,22-23H,2-3,10-15H2,1H3,(H,26,29)/t16-,19+,20+,22+,23+/m1/s1. The van der Waals surface area contributed by atoms with E-state index in [1.807, 2.05) is 12.1 Å². The molecule has 31 heavy (non-hydrogen) atoms. The molecule has 164 valence electrons. The fourth-order valence-electron chi connectivity index (χ4n) is 5.97. The van der Waals surface area contributed by atoms with Crippen LogP contribution < -0.4 is 5.32 Å². The van der Waals surface area contributed by atoms with Gasteiger partial charge in [0, 0.05) is 19.6 Å². The number of amides is 3. The first kappa shape index (κ1) is 20.4. The van der Waals surface area contributed by atoms with E-state index in [0.717, 1.165) is 37.5 Å². The van der Waals surface area contributed by atoms with E-state index in [-0.39, 0.29) is 47.9 Å². The fourth-order valence-corrected chi connectivity index (χ4v) is 5.97. The fraction of sp³-hybridized carbons (Fsp3) is 0.560. The number of imide groups is 1. The van der Waals surface area contributed by atoms with Crippen LogP contribution in [0, 0.1) is 29.6 Å². The molecule has 0 spiro atoms.